The number of rotatable bonds is 3. The van der Waals surface area contributed by atoms with Crippen molar-refractivity contribution < 1.29 is 0 Å². The van der Waals surface area contributed by atoms with Crippen molar-refractivity contribution in [1.82, 2.24) is 9.97 Å². The average Bonchev–Trinajstić information content (AvgIpc) is 2.30. The summed E-state index contributed by atoms with van der Waals surface area (Å²) in [5.74, 6) is 0. The SMILES string of the molecule is C=CN=C(C=N)c1cncnc1.CC. The zero-order chi connectivity index (χ0) is 10.8. The highest BCUT2D eigenvalue weighted by atomic mass is 14.8. The third-order valence-corrected chi connectivity index (χ3v) is 1.22. The van der Waals surface area contributed by atoms with Crippen LogP contribution in [0.25, 0.3) is 0 Å². The molecule has 1 heterocycles. The van der Waals surface area contributed by atoms with Gasteiger partial charge in [0.2, 0.25) is 0 Å². The molecule has 4 nitrogen and oxygen atoms in total. The molecule has 0 saturated carbocycles. The van der Waals surface area contributed by atoms with Gasteiger partial charge in [0.1, 0.15) is 6.33 Å². The van der Waals surface area contributed by atoms with E-state index >= 15 is 0 Å². The first-order valence-corrected chi connectivity index (χ1v) is 4.33. The Morgan fingerprint density at radius 3 is 2.43 bits per heavy atom. The van der Waals surface area contributed by atoms with Gasteiger partial charge in [0.25, 0.3) is 0 Å². The van der Waals surface area contributed by atoms with E-state index in [1.165, 1.54) is 12.5 Å². The lowest BCUT2D eigenvalue weighted by Gasteiger charge is -1.95. The molecule has 0 radical (unpaired) electrons. The summed E-state index contributed by atoms with van der Waals surface area (Å²) in [5, 5.41) is 7.04. The van der Waals surface area contributed by atoms with Gasteiger partial charge in [-0.1, -0.05) is 20.4 Å². The highest BCUT2D eigenvalue weighted by molar-refractivity contribution is 6.37. The minimum atomic E-state index is 0.505. The molecule has 0 saturated heterocycles. The van der Waals surface area contributed by atoms with Crippen LogP contribution in [0.2, 0.25) is 0 Å². The predicted octanol–water partition coefficient (Wildman–Crippen LogP) is 2.08. The molecule has 1 rings (SSSR count). The van der Waals surface area contributed by atoms with E-state index < -0.39 is 0 Å². The molecule has 1 aromatic rings. The Morgan fingerprint density at radius 1 is 1.43 bits per heavy atom. The molecule has 0 spiro atoms. The van der Waals surface area contributed by atoms with Crippen LogP contribution in [0.3, 0.4) is 0 Å². The lowest BCUT2D eigenvalue weighted by Crippen LogP contribution is -2.01. The topological polar surface area (TPSA) is 62.0 Å². The number of nitrogens with one attached hydrogen (secondary N) is 1. The van der Waals surface area contributed by atoms with E-state index in [4.69, 9.17) is 5.41 Å². The fraction of sp³-hybridized carbons (Fsp3) is 0.200. The smallest absolute Gasteiger partial charge is 0.115 e. The van der Waals surface area contributed by atoms with Crippen molar-refractivity contribution in [3.63, 3.8) is 0 Å². The van der Waals surface area contributed by atoms with Gasteiger partial charge in [0, 0.05) is 30.4 Å². The Morgan fingerprint density at radius 2 is 2.00 bits per heavy atom. The van der Waals surface area contributed by atoms with E-state index in [1.54, 1.807) is 12.4 Å². The van der Waals surface area contributed by atoms with E-state index in [9.17, 15) is 0 Å². The van der Waals surface area contributed by atoms with Crippen LogP contribution in [-0.2, 0) is 0 Å². The first kappa shape index (κ1) is 12.2. The molecule has 0 aromatic carbocycles. The van der Waals surface area contributed by atoms with E-state index in [2.05, 4.69) is 21.5 Å². The van der Waals surface area contributed by atoms with Crippen molar-refractivity contribution in [2.75, 3.05) is 0 Å². The van der Waals surface area contributed by atoms with Gasteiger partial charge in [-0.05, 0) is 0 Å². The number of aliphatic imine (C=N–C) groups is 1. The highest BCUT2D eigenvalue weighted by Crippen LogP contribution is 1.94. The fourth-order valence-electron chi connectivity index (χ4n) is 0.725. The lowest BCUT2D eigenvalue weighted by molar-refractivity contribution is 1.16. The zero-order valence-electron chi connectivity index (χ0n) is 8.44. The third-order valence-electron chi connectivity index (χ3n) is 1.22. The first-order chi connectivity index (χ1) is 6.88. The van der Waals surface area contributed by atoms with Gasteiger partial charge in [0.05, 0.1) is 5.71 Å². The van der Waals surface area contributed by atoms with E-state index in [-0.39, 0.29) is 0 Å². The third kappa shape index (κ3) is 3.71. The van der Waals surface area contributed by atoms with Gasteiger partial charge in [-0.15, -0.1) is 0 Å². The number of aromatic nitrogens is 2. The second kappa shape index (κ2) is 7.79. The molecule has 0 bridgehead atoms. The Kier molecular flexibility index (Phi) is 6.77. The van der Waals surface area contributed by atoms with Crippen molar-refractivity contribution in [1.29, 1.82) is 5.41 Å². The molecule has 0 amide bonds. The maximum Gasteiger partial charge on any atom is 0.115 e. The fourth-order valence-corrected chi connectivity index (χ4v) is 0.725. The van der Waals surface area contributed by atoms with Crippen molar-refractivity contribution >= 4 is 11.9 Å². The predicted molar refractivity (Wildman–Crippen MR) is 58.9 cm³/mol. The molecule has 0 aliphatic heterocycles. The highest BCUT2D eigenvalue weighted by Gasteiger charge is 1.97. The minimum absolute atomic E-state index is 0.505. The van der Waals surface area contributed by atoms with Gasteiger partial charge in [-0.25, -0.2) is 9.97 Å². The molecule has 14 heavy (non-hydrogen) atoms. The maximum absolute atomic E-state index is 7.04. The van der Waals surface area contributed by atoms with Crippen molar-refractivity contribution in [2.45, 2.75) is 13.8 Å². The number of nitrogens with zero attached hydrogens (tertiary/aromatic N) is 3. The van der Waals surface area contributed by atoms with Crippen molar-refractivity contribution in [2.24, 2.45) is 4.99 Å². The first-order valence-electron chi connectivity index (χ1n) is 4.33. The summed E-state index contributed by atoms with van der Waals surface area (Å²) < 4.78 is 0. The molecule has 0 atom stereocenters. The summed E-state index contributed by atoms with van der Waals surface area (Å²) >= 11 is 0. The zero-order valence-corrected chi connectivity index (χ0v) is 8.44. The Hall–Kier alpha value is -1.84. The quantitative estimate of drug-likeness (QED) is 0.742. The van der Waals surface area contributed by atoms with Gasteiger partial charge < -0.3 is 5.41 Å². The van der Waals surface area contributed by atoms with E-state index in [1.807, 2.05) is 13.8 Å². The van der Waals surface area contributed by atoms with Crippen LogP contribution in [0.15, 0.2) is 36.5 Å². The Labute approximate surface area is 84.0 Å². The van der Waals surface area contributed by atoms with Crippen LogP contribution in [0, 0.1) is 5.41 Å². The summed E-state index contributed by atoms with van der Waals surface area (Å²) in [4.78, 5) is 11.5. The van der Waals surface area contributed by atoms with Crippen LogP contribution in [0.4, 0.5) is 0 Å². The maximum atomic E-state index is 7.04. The summed E-state index contributed by atoms with van der Waals surface area (Å²) in [6, 6.07) is 0. The minimum Gasteiger partial charge on any atom is -0.306 e. The average molecular weight is 190 g/mol. The monoisotopic (exact) mass is 190 g/mol. The molecular formula is C10H14N4. The standard InChI is InChI=1S/C8H8N4.C2H6/c1-2-12-8(3-9)7-4-10-6-11-5-7;1-2/h2-6,9H,1H2;1-2H3. The van der Waals surface area contributed by atoms with Crippen LogP contribution in [0.1, 0.15) is 19.4 Å². The number of hydrogen-bond donors (Lipinski definition) is 1. The van der Waals surface area contributed by atoms with Crippen LogP contribution in [0.5, 0.6) is 0 Å². The normalized spacial score (nSPS) is 9.71. The second-order valence-electron chi connectivity index (χ2n) is 1.97. The van der Waals surface area contributed by atoms with E-state index in [0.717, 1.165) is 6.21 Å². The van der Waals surface area contributed by atoms with Crippen molar-refractivity contribution in [3.05, 3.63) is 37.1 Å². The van der Waals surface area contributed by atoms with Crippen LogP contribution >= 0.6 is 0 Å². The summed E-state index contributed by atoms with van der Waals surface area (Å²) in [5.41, 5.74) is 1.22. The summed E-state index contributed by atoms with van der Waals surface area (Å²) in [6.07, 6.45) is 7.15. The molecule has 0 aliphatic rings. The molecule has 4 heteroatoms. The van der Waals surface area contributed by atoms with Gasteiger partial charge >= 0.3 is 0 Å². The second-order valence-corrected chi connectivity index (χ2v) is 1.97. The molecule has 74 valence electrons. The molecule has 0 unspecified atom stereocenters. The lowest BCUT2D eigenvalue weighted by atomic mass is 10.2. The summed E-state index contributed by atoms with van der Waals surface area (Å²) in [7, 11) is 0. The molecule has 0 aliphatic carbocycles. The van der Waals surface area contributed by atoms with Gasteiger partial charge in [-0.2, -0.15) is 0 Å². The Balaban J connectivity index is 0.000000791. The summed E-state index contributed by atoms with van der Waals surface area (Å²) in [6.45, 7) is 7.44. The van der Waals surface area contributed by atoms with Crippen molar-refractivity contribution in [3.8, 4) is 0 Å². The Bertz CT molecular complexity index is 303. The van der Waals surface area contributed by atoms with Crippen LogP contribution < -0.4 is 0 Å². The molecule has 0 fully saturated rings. The van der Waals surface area contributed by atoms with Gasteiger partial charge in [-0.3, -0.25) is 4.99 Å². The largest absolute Gasteiger partial charge is 0.306 e. The number of hydrogen-bond acceptors (Lipinski definition) is 4. The van der Waals surface area contributed by atoms with Crippen LogP contribution in [-0.4, -0.2) is 21.9 Å². The van der Waals surface area contributed by atoms with E-state index in [0.29, 0.717) is 11.3 Å². The molecule has 1 aromatic heterocycles. The van der Waals surface area contributed by atoms with Gasteiger partial charge in [0.15, 0.2) is 0 Å². The molecular weight excluding hydrogens is 176 g/mol. The molecule has 1 N–H and O–H groups in total.